The Kier molecular flexibility index (Phi) is 8.83. The van der Waals surface area contributed by atoms with Crippen LogP contribution in [-0.2, 0) is 25.5 Å². The Balaban J connectivity index is 1.19. The van der Waals surface area contributed by atoms with E-state index >= 15 is 0 Å². The lowest BCUT2D eigenvalue weighted by Gasteiger charge is -2.53. The molecule has 0 saturated heterocycles. The van der Waals surface area contributed by atoms with Crippen molar-refractivity contribution in [1.82, 2.24) is 20.9 Å². The molecule has 1 heterocycles. The molecule has 4 bridgehead atoms. The molecular weight excluding hydrogens is 572 g/mol. The van der Waals surface area contributed by atoms with Gasteiger partial charge >= 0.3 is 12.1 Å². The highest BCUT2D eigenvalue weighted by molar-refractivity contribution is 5.92. The van der Waals surface area contributed by atoms with E-state index in [4.69, 9.17) is 9.84 Å². The maximum absolute atomic E-state index is 14.1. The molecule has 4 aliphatic carbocycles. The zero-order valence-electron chi connectivity index (χ0n) is 25.6. The summed E-state index contributed by atoms with van der Waals surface area (Å²) < 4.78 is 6.13. The van der Waals surface area contributed by atoms with Crippen LogP contribution in [0.5, 0.6) is 0 Å². The highest BCUT2D eigenvalue weighted by atomic mass is 16.6. The molecule has 45 heavy (non-hydrogen) atoms. The predicted octanol–water partition coefficient (Wildman–Crippen LogP) is 4.51. The number of nitrogens with one attached hydrogen (secondary N) is 4. The zero-order chi connectivity index (χ0) is 31.6. The summed E-state index contributed by atoms with van der Waals surface area (Å²) in [5.74, 6) is -0.372. The fourth-order valence-electron chi connectivity index (χ4n) is 8.14. The van der Waals surface area contributed by atoms with Crippen LogP contribution in [0, 0.1) is 23.7 Å². The number of para-hydroxylation sites is 1. The molecule has 5 N–H and O–H groups in total. The number of fused-ring (bicyclic) bond motifs is 1. The highest BCUT2D eigenvalue weighted by Crippen LogP contribution is 2.54. The van der Waals surface area contributed by atoms with Crippen molar-refractivity contribution in [2.24, 2.45) is 23.7 Å². The molecule has 2 atom stereocenters. The average Bonchev–Trinajstić information content (AvgIpc) is 3.41. The Bertz CT molecular complexity index is 1530. The molecule has 238 valence electrons. The van der Waals surface area contributed by atoms with Crippen molar-refractivity contribution in [1.29, 1.82) is 0 Å². The van der Waals surface area contributed by atoms with E-state index in [9.17, 15) is 19.2 Å². The number of H-pyrrole nitrogens is 1. The third-order valence-corrected chi connectivity index (χ3v) is 10.1. The Morgan fingerprint density at radius 2 is 1.60 bits per heavy atom. The van der Waals surface area contributed by atoms with Gasteiger partial charge in [-0.15, -0.1) is 0 Å². The SMILES string of the molecule is C[C@](Cc1c[nH]c2ccccc12)(NC(=O)OC1C2CC3CC(C2)CC1C3)C(=O)NCC(C(=O)NCCC(=O)O)c1ccccc1. The van der Waals surface area contributed by atoms with Crippen LogP contribution in [0.3, 0.4) is 0 Å². The summed E-state index contributed by atoms with van der Waals surface area (Å²) in [5.41, 5.74) is 1.07. The molecule has 1 unspecified atom stereocenters. The van der Waals surface area contributed by atoms with Crippen LogP contribution < -0.4 is 16.0 Å². The number of carbonyl (C=O) groups is 4. The summed E-state index contributed by atoms with van der Waals surface area (Å²) in [5, 5.41) is 18.5. The van der Waals surface area contributed by atoms with Gasteiger partial charge < -0.3 is 30.8 Å². The molecular formula is C35H42N4O6. The summed E-state index contributed by atoms with van der Waals surface area (Å²) in [6.45, 7) is 1.62. The first-order chi connectivity index (χ1) is 21.7. The number of amides is 3. The van der Waals surface area contributed by atoms with Gasteiger partial charge in [-0.05, 0) is 79.9 Å². The van der Waals surface area contributed by atoms with Gasteiger partial charge in [-0.1, -0.05) is 48.5 Å². The minimum absolute atomic E-state index is 0.0260. The van der Waals surface area contributed by atoms with E-state index in [2.05, 4.69) is 20.9 Å². The third-order valence-electron chi connectivity index (χ3n) is 10.1. The molecule has 1 aromatic heterocycles. The van der Waals surface area contributed by atoms with E-state index in [1.807, 2.05) is 36.5 Å². The first-order valence-corrected chi connectivity index (χ1v) is 16.0. The number of ether oxygens (including phenoxy) is 1. The molecule has 2 aromatic carbocycles. The maximum Gasteiger partial charge on any atom is 0.408 e. The number of carboxylic acid groups (broad SMARTS) is 1. The van der Waals surface area contributed by atoms with Crippen LogP contribution >= 0.6 is 0 Å². The van der Waals surface area contributed by atoms with Crippen molar-refractivity contribution in [3.63, 3.8) is 0 Å². The molecule has 3 aromatic rings. The monoisotopic (exact) mass is 614 g/mol. The molecule has 4 fully saturated rings. The molecule has 10 nitrogen and oxygen atoms in total. The number of rotatable bonds is 12. The number of carboxylic acids is 1. The van der Waals surface area contributed by atoms with Gasteiger partial charge in [0.1, 0.15) is 11.6 Å². The van der Waals surface area contributed by atoms with Gasteiger partial charge in [-0.2, -0.15) is 0 Å². The number of benzene rings is 2. The molecule has 4 aliphatic rings. The van der Waals surface area contributed by atoms with E-state index in [-0.39, 0.29) is 32.0 Å². The zero-order valence-corrected chi connectivity index (χ0v) is 25.6. The normalized spacial score (nSPS) is 25.2. The number of carbonyl (C=O) groups excluding carboxylic acids is 3. The van der Waals surface area contributed by atoms with E-state index in [1.54, 1.807) is 31.2 Å². The first kappa shape index (κ1) is 30.7. The molecule has 4 saturated carbocycles. The summed E-state index contributed by atoms with van der Waals surface area (Å²) in [4.78, 5) is 55.0. The second kappa shape index (κ2) is 12.9. The summed E-state index contributed by atoms with van der Waals surface area (Å²) >= 11 is 0. The Labute approximate surface area is 262 Å². The van der Waals surface area contributed by atoms with Gasteiger partial charge in [-0.25, -0.2) is 4.79 Å². The number of aromatic amines is 1. The smallest absolute Gasteiger partial charge is 0.408 e. The van der Waals surface area contributed by atoms with E-state index < -0.39 is 35.3 Å². The number of aliphatic carboxylic acids is 1. The summed E-state index contributed by atoms with van der Waals surface area (Å²) in [7, 11) is 0. The quantitative estimate of drug-likeness (QED) is 0.203. The molecule has 0 radical (unpaired) electrons. The fraction of sp³-hybridized carbons (Fsp3) is 0.486. The largest absolute Gasteiger partial charge is 0.481 e. The van der Waals surface area contributed by atoms with Crippen molar-refractivity contribution in [2.45, 2.75) is 69.4 Å². The van der Waals surface area contributed by atoms with Crippen molar-refractivity contribution < 1.29 is 29.0 Å². The first-order valence-electron chi connectivity index (χ1n) is 16.0. The fourth-order valence-corrected chi connectivity index (χ4v) is 8.14. The Morgan fingerprint density at radius 1 is 0.933 bits per heavy atom. The van der Waals surface area contributed by atoms with Crippen LogP contribution in [0.25, 0.3) is 10.9 Å². The lowest BCUT2D eigenvalue weighted by atomic mass is 9.55. The Morgan fingerprint density at radius 3 is 2.29 bits per heavy atom. The lowest BCUT2D eigenvalue weighted by Crippen LogP contribution is -2.60. The minimum Gasteiger partial charge on any atom is -0.481 e. The average molecular weight is 615 g/mol. The molecule has 0 aliphatic heterocycles. The number of hydrogen-bond acceptors (Lipinski definition) is 5. The number of aromatic nitrogens is 1. The predicted molar refractivity (Wildman–Crippen MR) is 168 cm³/mol. The summed E-state index contributed by atoms with van der Waals surface area (Å²) in [6, 6.07) is 16.8. The molecule has 3 amide bonds. The van der Waals surface area contributed by atoms with Gasteiger partial charge in [0.15, 0.2) is 0 Å². The molecule has 7 rings (SSSR count). The molecule has 10 heteroatoms. The van der Waals surface area contributed by atoms with Crippen molar-refractivity contribution >= 4 is 34.8 Å². The van der Waals surface area contributed by atoms with Gasteiger partial charge in [0.2, 0.25) is 11.8 Å². The second-order valence-electron chi connectivity index (χ2n) is 13.4. The van der Waals surface area contributed by atoms with Gasteiger partial charge in [0, 0.05) is 36.6 Å². The van der Waals surface area contributed by atoms with Crippen LogP contribution in [0.1, 0.15) is 62.5 Å². The number of alkyl carbamates (subject to hydrolysis) is 1. The van der Waals surface area contributed by atoms with Gasteiger partial charge in [0.05, 0.1) is 12.3 Å². The van der Waals surface area contributed by atoms with Crippen molar-refractivity contribution in [3.05, 3.63) is 71.9 Å². The van der Waals surface area contributed by atoms with Crippen LogP contribution in [-0.4, -0.2) is 58.7 Å². The van der Waals surface area contributed by atoms with Crippen molar-refractivity contribution in [2.75, 3.05) is 13.1 Å². The van der Waals surface area contributed by atoms with Gasteiger partial charge in [-0.3, -0.25) is 14.4 Å². The van der Waals surface area contributed by atoms with E-state index in [1.165, 1.54) is 6.42 Å². The van der Waals surface area contributed by atoms with E-state index in [0.717, 1.165) is 54.0 Å². The Hall–Kier alpha value is -4.34. The molecule has 0 spiro atoms. The third kappa shape index (κ3) is 6.84. The second-order valence-corrected chi connectivity index (χ2v) is 13.4. The standard InChI is InChI=1S/C35H42N4O6/c1-35(18-26-19-37-29-10-6-5-9-27(26)29,39-34(44)45-31-24-14-21-13-22(16-24)17-25(31)15-21)33(43)38-20-28(23-7-3-2-4-8-23)32(42)36-12-11-30(40)41/h2-10,19,21-22,24-25,28,31,37H,11-18,20H2,1H3,(H,36,42)(H,38,43)(H,39,44)(H,40,41)/t21?,22?,24?,25?,28?,31?,35-/m1/s1. The van der Waals surface area contributed by atoms with E-state index in [0.29, 0.717) is 17.4 Å². The summed E-state index contributed by atoms with van der Waals surface area (Å²) in [6.07, 6.45) is 6.83. The van der Waals surface area contributed by atoms with Crippen LogP contribution in [0.4, 0.5) is 4.79 Å². The van der Waals surface area contributed by atoms with Crippen LogP contribution in [0.2, 0.25) is 0 Å². The highest BCUT2D eigenvalue weighted by Gasteiger charge is 2.50. The van der Waals surface area contributed by atoms with Crippen molar-refractivity contribution in [3.8, 4) is 0 Å². The lowest BCUT2D eigenvalue weighted by molar-refractivity contribution is -0.137. The topological polar surface area (TPSA) is 150 Å². The van der Waals surface area contributed by atoms with Crippen LogP contribution in [0.15, 0.2) is 60.8 Å². The van der Waals surface area contributed by atoms with Gasteiger partial charge in [0.25, 0.3) is 0 Å². The maximum atomic E-state index is 14.1. The minimum atomic E-state index is -1.39. The number of hydrogen-bond donors (Lipinski definition) is 5.